The highest BCUT2D eigenvalue weighted by Crippen LogP contribution is 2.20. The summed E-state index contributed by atoms with van der Waals surface area (Å²) in [5.74, 6) is 0.983. The number of nitrogens with zero attached hydrogens (tertiary/aromatic N) is 4. The molecule has 0 spiro atoms. The van der Waals surface area contributed by atoms with Gasteiger partial charge in [-0.1, -0.05) is 41.6 Å². The number of aryl methyl sites for hydroxylation is 3. The van der Waals surface area contributed by atoms with E-state index in [2.05, 4.69) is 64.0 Å². The molecule has 6 heteroatoms. The maximum atomic E-state index is 4.32. The Hall–Kier alpha value is -1.28. The molecule has 3 rings (SSSR count). The van der Waals surface area contributed by atoms with E-state index < -0.39 is 0 Å². The molecule has 0 bridgehead atoms. The van der Waals surface area contributed by atoms with Crippen LogP contribution in [0.15, 0.2) is 53.8 Å². The SMILES string of the molecule is Cc1ccc(CSc2ccn(C)n2)cc1.Cn1ccc(I)n1. The van der Waals surface area contributed by atoms with Gasteiger partial charge in [0.1, 0.15) is 8.73 Å². The van der Waals surface area contributed by atoms with Crippen LogP contribution in [0.1, 0.15) is 11.1 Å². The van der Waals surface area contributed by atoms with Crippen molar-refractivity contribution in [2.24, 2.45) is 14.1 Å². The van der Waals surface area contributed by atoms with Crippen LogP contribution in [0.3, 0.4) is 0 Å². The van der Waals surface area contributed by atoms with Crippen molar-refractivity contribution < 1.29 is 0 Å². The molecule has 0 aliphatic heterocycles. The molecular weight excluding hydrogens is 407 g/mol. The highest BCUT2D eigenvalue weighted by Gasteiger charge is 1.98. The van der Waals surface area contributed by atoms with Crippen LogP contribution < -0.4 is 0 Å². The fourth-order valence-electron chi connectivity index (χ4n) is 1.70. The summed E-state index contributed by atoms with van der Waals surface area (Å²) >= 11 is 3.94. The van der Waals surface area contributed by atoms with E-state index in [1.54, 1.807) is 16.4 Å². The number of rotatable bonds is 3. The molecule has 4 nitrogen and oxygen atoms in total. The summed E-state index contributed by atoms with van der Waals surface area (Å²) < 4.78 is 4.65. The number of benzene rings is 1. The lowest BCUT2D eigenvalue weighted by atomic mass is 10.2. The molecule has 0 unspecified atom stereocenters. The second-order valence-corrected chi connectivity index (χ2v) is 7.01. The number of hydrogen-bond donors (Lipinski definition) is 0. The van der Waals surface area contributed by atoms with Crippen LogP contribution in [0.25, 0.3) is 0 Å². The average molecular weight is 426 g/mol. The average Bonchev–Trinajstić information content (AvgIpc) is 3.07. The minimum Gasteiger partial charge on any atom is -0.275 e. The summed E-state index contributed by atoms with van der Waals surface area (Å²) in [6.45, 7) is 2.11. The van der Waals surface area contributed by atoms with Crippen molar-refractivity contribution >= 4 is 34.4 Å². The predicted octanol–water partition coefficient (Wildman–Crippen LogP) is 4.05. The first kappa shape index (κ1) is 17.1. The van der Waals surface area contributed by atoms with Crippen LogP contribution >= 0.6 is 34.4 Å². The number of halogens is 1. The van der Waals surface area contributed by atoms with Gasteiger partial charge < -0.3 is 0 Å². The van der Waals surface area contributed by atoms with Gasteiger partial charge >= 0.3 is 0 Å². The van der Waals surface area contributed by atoms with Crippen molar-refractivity contribution in [1.82, 2.24) is 19.6 Å². The first-order chi connectivity index (χ1) is 10.5. The van der Waals surface area contributed by atoms with Crippen LogP contribution in [-0.2, 0) is 19.8 Å². The molecule has 0 atom stereocenters. The largest absolute Gasteiger partial charge is 0.275 e. The molecule has 3 aromatic rings. The van der Waals surface area contributed by atoms with E-state index in [-0.39, 0.29) is 0 Å². The first-order valence-electron chi connectivity index (χ1n) is 6.86. The van der Waals surface area contributed by atoms with Gasteiger partial charge in [0.15, 0.2) is 0 Å². The molecule has 0 saturated carbocycles. The van der Waals surface area contributed by atoms with Gasteiger partial charge in [-0.25, -0.2) is 0 Å². The van der Waals surface area contributed by atoms with Crippen molar-refractivity contribution in [2.45, 2.75) is 17.7 Å². The second-order valence-electron chi connectivity index (χ2n) is 4.91. The van der Waals surface area contributed by atoms with E-state index in [1.165, 1.54) is 11.1 Å². The summed E-state index contributed by atoms with van der Waals surface area (Å²) in [7, 11) is 3.85. The van der Waals surface area contributed by atoms with Crippen LogP contribution in [0.2, 0.25) is 0 Å². The number of aromatic nitrogens is 4. The molecule has 1 aromatic carbocycles. The Bertz CT molecular complexity index is 687. The second kappa shape index (κ2) is 8.38. The summed E-state index contributed by atoms with van der Waals surface area (Å²) in [5.41, 5.74) is 2.65. The lowest BCUT2D eigenvalue weighted by Gasteiger charge is -1.99. The number of hydrogen-bond acceptors (Lipinski definition) is 3. The van der Waals surface area contributed by atoms with Gasteiger partial charge in [0.05, 0.1) is 0 Å². The maximum Gasteiger partial charge on any atom is 0.123 e. The normalized spacial score (nSPS) is 10.2. The predicted molar refractivity (Wildman–Crippen MR) is 99.9 cm³/mol. The third-order valence-corrected chi connectivity index (χ3v) is 4.44. The van der Waals surface area contributed by atoms with Gasteiger partial charge in [-0.3, -0.25) is 9.36 Å². The van der Waals surface area contributed by atoms with E-state index in [4.69, 9.17) is 0 Å². The Morgan fingerprint density at radius 2 is 1.59 bits per heavy atom. The Labute approximate surface area is 149 Å². The van der Waals surface area contributed by atoms with Crippen molar-refractivity contribution in [3.8, 4) is 0 Å². The van der Waals surface area contributed by atoms with Crippen molar-refractivity contribution in [3.05, 3.63) is 63.6 Å². The minimum absolute atomic E-state index is 0.983. The van der Waals surface area contributed by atoms with E-state index in [0.717, 1.165) is 14.5 Å². The fourth-order valence-corrected chi connectivity index (χ4v) is 3.05. The van der Waals surface area contributed by atoms with Crippen molar-refractivity contribution in [3.63, 3.8) is 0 Å². The van der Waals surface area contributed by atoms with Gasteiger partial charge in [0.25, 0.3) is 0 Å². The molecule has 0 aliphatic rings. The molecule has 0 aliphatic carbocycles. The van der Waals surface area contributed by atoms with Gasteiger partial charge in [-0.2, -0.15) is 10.2 Å². The minimum atomic E-state index is 0.983. The van der Waals surface area contributed by atoms with Gasteiger partial charge in [0, 0.05) is 32.2 Å². The quantitative estimate of drug-likeness (QED) is 0.469. The Morgan fingerprint density at radius 3 is 2.05 bits per heavy atom. The number of thioether (sulfide) groups is 1. The van der Waals surface area contributed by atoms with E-state index in [0.29, 0.717) is 0 Å². The molecule has 0 N–H and O–H groups in total. The van der Waals surface area contributed by atoms with E-state index in [9.17, 15) is 0 Å². The highest BCUT2D eigenvalue weighted by molar-refractivity contribution is 14.1. The zero-order chi connectivity index (χ0) is 15.9. The zero-order valence-corrected chi connectivity index (χ0v) is 15.9. The van der Waals surface area contributed by atoms with Crippen molar-refractivity contribution in [2.75, 3.05) is 0 Å². The van der Waals surface area contributed by atoms with Gasteiger partial charge in [-0.05, 0) is 47.2 Å². The highest BCUT2D eigenvalue weighted by atomic mass is 127. The standard InChI is InChI=1S/C12H14N2S.C4H5IN2/c1-10-3-5-11(6-4-10)9-15-12-7-8-14(2)13-12;1-7-3-2-4(5)6-7/h3-8H,9H2,1-2H3;2-3H,1H3. The van der Waals surface area contributed by atoms with Crippen molar-refractivity contribution in [1.29, 1.82) is 0 Å². The van der Waals surface area contributed by atoms with E-state index in [1.807, 2.05) is 43.3 Å². The Morgan fingerprint density at radius 1 is 0.955 bits per heavy atom. The van der Waals surface area contributed by atoms with Crippen LogP contribution in [0.4, 0.5) is 0 Å². The molecule has 2 heterocycles. The third-order valence-electron chi connectivity index (χ3n) is 2.88. The summed E-state index contributed by atoms with van der Waals surface area (Å²) in [6, 6.07) is 12.6. The van der Waals surface area contributed by atoms with Crippen LogP contribution in [-0.4, -0.2) is 19.6 Å². The Kier molecular flexibility index (Phi) is 6.50. The maximum absolute atomic E-state index is 4.32. The van der Waals surface area contributed by atoms with Gasteiger partial charge in [-0.15, -0.1) is 0 Å². The molecule has 0 fully saturated rings. The lowest BCUT2D eigenvalue weighted by molar-refractivity contribution is 0.738. The topological polar surface area (TPSA) is 35.6 Å². The molecular formula is C16H19IN4S. The van der Waals surface area contributed by atoms with Gasteiger partial charge in [0.2, 0.25) is 0 Å². The smallest absolute Gasteiger partial charge is 0.123 e. The van der Waals surface area contributed by atoms with Crippen LogP contribution in [0.5, 0.6) is 0 Å². The molecule has 22 heavy (non-hydrogen) atoms. The van der Waals surface area contributed by atoms with Crippen LogP contribution in [0, 0.1) is 10.6 Å². The molecule has 2 aromatic heterocycles. The first-order valence-corrected chi connectivity index (χ1v) is 8.92. The summed E-state index contributed by atoms with van der Waals surface area (Å²) in [6.07, 6.45) is 3.89. The summed E-state index contributed by atoms with van der Waals surface area (Å²) in [4.78, 5) is 0. The molecule has 0 radical (unpaired) electrons. The fraction of sp³-hybridized carbons (Fsp3) is 0.250. The molecule has 116 valence electrons. The third kappa shape index (κ3) is 5.84. The Balaban J connectivity index is 0.000000211. The monoisotopic (exact) mass is 426 g/mol. The summed E-state index contributed by atoms with van der Waals surface area (Å²) in [5, 5.41) is 9.42. The molecule has 0 saturated heterocycles. The molecule has 0 amide bonds. The van der Waals surface area contributed by atoms with E-state index >= 15 is 0 Å². The zero-order valence-electron chi connectivity index (χ0n) is 12.9. The lowest BCUT2D eigenvalue weighted by Crippen LogP contribution is -1.87.